The molecule has 0 unspecified atom stereocenters. The van der Waals surface area contributed by atoms with E-state index >= 15 is 0 Å². The molecule has 0 aromatic heterocycles. The molecule has 1 aliphatic heterocycles. The molecule has 0 saturated heterocycles. The second-order valence-corrected chi connectivity index (χ2v) is 8.72. The predicted molar refractivity (Wildman–Crippen MR) is 146 cm³/mol. The van der Waals surface area contributed by atoms with E-state index in [-0.39, 0.29) is 11.6 Å². The van der Waals surface area contributed by atoms with Crippen LogP contribution in [0.3, 0.4) is 0 Å². The summed E-state index contributed by atoms with van der Waals surface area (Å²) in [6.45, 7) is 2.67. The first-order valence-electron chi connectivity index (χ1n) is 11.9. The summed E-state index contributed by atoms with van der Waals surface area (Å²) in [6, 6.07) is 31.1. The van der Waals surface area contributed by atoms with Crippen molar-refractivity contribution in [3.8, 4) is 22.6 Å². The van der Waals surface area contributed by atoms with Crippen molar-refractivity contribution in [2.45, 2.75) is 13.5 Å². The van der Waals surface area contributed by atoms with Gasteiger partial charge in [-0.1, -0.05) is 84.4 Å². The van der Waals surface area contributed by atoms with Crippen molar-refractivity contribution in [1.82, 2.24) is 0 Å². The number of rotatable bonds is 8. The number of ether oxygens (including phenoxy) is 3. The molecule has 0 N–H and O–H groups in total. The van der Waals surface area contributed by atoms with Crippen LogP contribution in [0.4, 0.5) is 0 Å². The molecule has 5 rings (SSSR count). The zero-order chi connectivity index (χ0) is 25.6. The molecule has 0 spiro atoms. The lowest BCUT2D eigenvalue weighted by atomic mass is 10.0. The molecule has 37 heavy (non-hydrogen) atoms. The lowest BCUT2D eigenvalue weighted by Gasteiger charge is -2.14. The van der Waals surface area contributed by atoms with Crippen LogP contribution in [0.15, 0.2) is 108 Å². The second kappa shape index (κ2) is 11.1. The van der Waals surface area contributed by atoms with E-state index in [1.54, 1.807) is 18.2 Å². The van der Waals surface area contributed by atoms with Gasteiger partial charge < -0.3 is 14.2 Å². The van der Waals surface area contributed by atoms with E-state index < -0.39 is 5.97 Å². The van der Waals surface area contributed by atoms with Gasteiger partial charge in [0.25, 0.3) is 0 Å². The molecule has 4 aromatic rings. The lowest BCUT2D eigenvalue weighted by Crippen LogP contribution is -2.05. The molecule has 0 aliphatic carbocycles. The van der Waals surface area contributed by atoms with Gasteiger partial charge in [0, 0.05) is 5.56 Å². The summed E-state index contributed by atoms with van der Waals surface area (Å²) in [5.74, 6) is 0.673. The molecular weight excluding hydrogens is 486 g/mol. The minimum absolute atomic E-state index is 0.179. The predicted octanol–water partition coefficient (Wildman–Crippen LogP) is 7.33. The molecule has 1 aliphatic rings. The van der Waals surface area contributed by atoms with E-state index in [0.717, 1.165) is 16.7 Å². The third kappa shape index (κ3) is 5.74. The van der Waals surface area contributed by atoms with Crippen LogP contribution in [0, 0.1) is 0 Å². The number of esters is 1. The van der Waals surface area contributed by atoms with Crippen LogP contribution in [0.25, 0.3) is 17.2 Å². The Bertz CT molecular complexity index is 1460. The Balaban J connectivity index is 1.38. The maximum atomic E-state index is 12.6. The molecule has 0 amide bonds. The van der Waals surface area contributed by atoms with Gasteiger partial charge in [0.2, 0.25) is 5.90 Å². The molecule has 6 heteroatoms. The molecule has 0 radical (unpaired) electrons. The number of aliphatic imine (C=N–C) groups is 1. The largest absolute Gasteiger partial charge is 0.490 e. The zero-order valence-corrected chi connectivity index (χ0v) is 20.9. The van der Waals surface area contributed by atoms with E-state index in [9.17, 15) is 4.79 Å². The number of carbonyl (C=O) groups is 1. The zero-order valence-electron chi connectivity index (χ0n) is 20.2. The summed E-state index contributed by atoms with van der Waals surface area (Å²) < 4.78 is 17.2. The minimum Gasteiger partial charge on any atom is -0.490 e. The Labute approximate surface area is 220 Å². The van der Waals surface area contributed by atoms with Gasteiger partial charge in [-0.15, -0.1) is 0 Å². The Morgan fingerprint density at radius 1 is 0.838 bits per heavy atom. The summed E-state index contributed by atoms with van der Waals surface area (Å²) in [5.41, 5.74) is 4.74. The molecule has 0 atom stereocenters. The first-order valence-corrected chi connectivity index (χ1v) is 12.3. The fourth-order valence-corrected chi connectivity index (χ4v) is 4.20. The van der Waals surface area contributed by atoms with E-state index in [0.29, 0.717) is 40.9 Å². The highest BCUT2D eigenvalue weighted by Gasteiger charge is 2.24. The van der Waals surface area contributed by atoms with Gasteiger partial charge in [-0.3, -0.25) is 0 Å². The second-order valence-electron chi connectivity index (χ2n) is 8.32. The Morgan fingerprint density at radius 3 is 2.19 bits per heavy atom. The number of cyclic esters (lactones) is 1. The topological polar surface area (TPSA) is 57.1 Å². The van der Waals surface area contributed by atoms with Crippen molar-refractivity contribution in [1.29, 1.82) is 0 Å². The smallest absolute Gasteiger partial charge is 0.363 e. The fourth-order valence-electron chi connectivity index (χ4n) is 3.93. The Hall–Kier alpha value is -4.35. The van der Waals surface area contributed by atoms with Gasteiger partial charge in [0.15, 0.2) is 17.2 Å². The van der Waals surface area contributed by atoms with E-state index in [4.69, 9.17) is 25.8 Å². The maximum Gasteiger partial charge on any atom is 0.363 e. The van der Waals surface area contributed by atoms with E-state index in [1.807, 2.05) is 91.9 Å². The molecule has 184 valence electrons. The van der Waals surface area contributed by atoms with E-state index in [2.05, 4.69) is 4.99 Å². The van der Waals surface area contributed by atoms with Crippen LogP contribution in [-0.2, 0) is 16.1 Å². The summed E-state index contributed by atoms with van der Waals surface area (Å²) >= 11 is 6.56. The third-order valence-electron chi connectivity index (χ3n) is 5.72. The van der Waals surface area contributed by atoms with Gasteiger partial charge in [-0.2, -0.15) is 0 Å². The average molecular weight is 510 g/mol. The number of carbonyl (C=O) groups excluding carboxylic acids is 1. The number of nitrogens with zero attached hydrogens (tertiary/aromatic N) is 1. The van der Waals surface area contributed by atoms with Crippen molar-refractivity contribution in [3.05, 3.63) is 124 Å². The molecular formula is C31H24ClNO4. The van der Waals surface area contributed by atoms with Crippen molar-refractivity contribution in [2.75, 3.05) is 6.61 Å². The SMILES string of the molecule is CCOc1cc(/C=C2\N=C(c3ccc(-c4ccccc4)cc3)OC2=O)cc(Cl)c1OCc1ccccc1. The standard InChI is InChI=1S/C31H24ClNO4/c1-2-35-28-19-22(17-26(32)29(28)36-20-21-9-5-3-6-10-21)18-27-31(34)37-30(33-27)25-15-13-24(14-16-25)23-11-7-4-8-12-23/h3-19H,2,20H2,1H3/b27-18-. The van der Waals surface area contributed by atoms with Crippen LogP contribution in [-0.4, -0.2) is 18.5 Å². The normalized spacial score (nSPS) is 13.8. The van der Waals surface area contributed by atoms with Crippen LogP contribution >= 0.6 is 11.6 Å². The first kappa shape index (κ1) is 24.3. The summed E-state index contributed by atoms with van der Waals surface area (Å²) in [5, 5.41) is 0.376. The van der Waals surface area contributed by atoms with E-state index in [1.165, 1.54) is 0 Å². The summed E-state index contributed by atoms with van der Waals surface area (Å²) in [4.78, 5) is 17.0. The molecule has 0 bridgehead atoms. The Kier molecular flexibility index (Phi) is 7.33. The maximum absolute atomic E-state index is 12.6. The van der Waals surface area contributed by atoms with Crippen LogP contribution < -0.4 is 9.47 Å². The molecule has 5 nitrogen and oxygen atoms in total. The number of hydrogen-bond donors (Lipinski definition) is 0. The number of hydrogen-bond acceptors (Lipinski definition) is 5. The van der Waals surface area contributed by atoms with Crippen LogP contribution in [0.2, 0.25) is 5.02 Å². The van der Waals surface area contributed by atoms with Crippen molar-refractivity contribution in [2.24, 2.45) is 4.99 Å². The highest BCUT2D eigenvalue weighted by Crippen LogP contribution is 2.38. The van der Waals surface area contributed by atoms with Gasteiger partial charge in [-0.05, 0) is 59.5 Å². The molecule has 0 saturated carbocycles. The summed E-state index contributed by atoms with van der Waals surface area (Å²) in [7, 11) is 0. The van der Waals surface area contributed by atoms with Gasteiger partial charge in [0.05, 0.1) is 11.6 Å². The highest BCUT2D eigenvalue weighted by atomic mass is 35.5. The molecule has 1 heterocycles. The van der Waals surface area contributed by atoms with Gasteiger partial charge in [0.1, 0.15) is 6.61 Å². The summed E-state index contributed by atoms with van der Waals surface area (Å²) in [6.07, 6.45) is 1.63. The van der Waals surface area contributed by atoms with Crippen molar-refractivity contribution < 1.29 is 19.0 Å². The van der Waals surface area contributed by atoms with Crippen molar-refractivity contribution >= 4 is 29.5 Å². The molecule has 4 aromatic carbocycles. The van der Waals surface area contributed by atoms with Crippen LogP contribution in [0.1, 0.15) is 23.6 Å². The minimum atomic E-state index is -0.527. The molecule has 0 fully saturated rings. The number of halogens is 1. The van der Waals surface area contributed by atoms with Gasteiger partial charge in [-0.25, -0.2) is 9.79 Å². The lowest BCUT2D eigenvalue weighted by molar-refractivity contribution is -0.129. The first-order chi connectivity index (χ1) is 18.1. The Morgan fingerprint density at radius 2 is 1.49 bits per heavy atom. The third-order valence-corrected chi connectivity index (χ3v) is 6.00. The quantitative estimate of drug-likeness (QED) is 0.184. The van der Waals surface area contributed by atoms with Crippen LogP contribution in [0.5, 0.6) is 11.5 Å². The highest BCUT2D eigenvalue weighted by molar-refractivity contribution is 6.32. The number of benzene rings is 4. The van der Waals surface area contributed by atoms with Crippen molar-refractivity contribution in [3.63, 3.8) is 0 Å². The fraction of sp³-hybridized carbons (Fsp3) is 0.0968. The monoisotopic (exact) mass is 509 g/mol. The van der Waals surface area contributed by atoms with Gasteiger partial charge >= 0.3 is 5.97 Å². The average Bonchev–Trinajstić information content (AvgIpc) is 3.29.